The summed E-state index contributed by atoms with van der Waals surface area (Å²) >= 11 is 6.01. The summed E-state index contributed by atoms with van der Waals surface area (Å²) in [5.74, 6) is -1.08. The van der Waals surface area contributed by atoms with Crippen molar-refractivity contribution in [3.8, 4) is 0 Å². The number of hydrogen-bond donors (Lipinski definition) is 2. The van der Waals surface area contributed by atoms with Crippen molar-refractivity contribution in [1.29, 1.82) is 0 Å². The zero-order chi connectivity index (χ0) is 29.7. The topological polar surface area (TPSA) is 98.8 Å². The lowest BCUT2D eigenvalue weighted by Crippen LogP contribution is -2.49. The Bertz CT molecular complexity index is 1340. The molecule has 220 valence electrons. The number of sulfone groups is 1. The summed E-state index contributed by atoms with van der Waals surface area (Å²) in [6.45, 7) is 2.50. The van der Waals surface area contributed by atoms with Gasteiger partial charge in [0.05, 0.1) is 22.8 Å². The first kappa shape index (κ1) is 31.9. The Morgan fingerprint density at radius 2 is 1.85 bits per heavy atom. The molecule has 3 rings (SSSR count). The normalized spacial score (nSPS) is 16.6. The summed E-state index contributed by atoms with van der Waals surface area (Å²) in [7, 11) is -0.0519. The molecule has 0 radical (unpaired) electrons. The Morgan fingerprint density at radius 3 is 2.50 bits per heavy atom. The number of likely N-dealkylation sites (tertiary alicyclic amines) is 1. The molecule has 2 aromatic carbocycles. The van der Waals surface area contributed by atoms with Crippen LogP contribution in [0.4, 0.5) is 13.2 Å². The maximum atomic E-state index is 14.0. The van der Waals surface area contributed by atoms with E-state index >= 15 is 0 Å². The molecule has 1 heterocycles. The van der Waals surface area contributed by atoms with Gasteiger partial charge in [0.15, 0.2) is 9.84 Å². The molecule has 8 nitrogen and oxygen atoms in total. The lowest BCUT2D eigenvalue weighted by Gasteiger charge is -2.34. The van der Waals surface area contributed by atoms with E-state index in [2.05, 4.69) is 10.6 Å². The fraction of sp³-hybridized carbons (Fsp3) is 0.481. The molecule has 0 unspecified atom stereocenters. The lowest BCUT2D eigenvalue weighted by molar-refractivity contribution is -0.138. The monoisotopic (exact) mass is 602 g/mol. The van der Waals surface area contributed by atoms with Crippen molar-refractivity contribution in [3.63, 3.8) is 0 Å². The predicted octanol–water partition coefficient (Wildman–Crippen LogP) is 3.72. The van der Waals surface area contributed by atoms with Gasteiger partial charge in [0.25, 0.3) is 5.91 Å². The smallest absolute Gasteiger partial charge is 0.351 e. The van der Waals surface area contributed by atoms with Crippen molar-refractivity contribution in [2.24, 2.45) is 0 Å². The van der Waals surface area contributed by atoms with Gasteiger partial charge >= 0.3 is 6.18 Å². The van der Waals surface area contributed by atoms with Gasteiger partial charge in [-0.3, -0.25) is 14.5 Å². The molecule has 0 spiro atoms. The second-order valence-electron chi connectivity index (χ2n) is 10.1. The number of carbonyl (C=O) groups excluding carboxylic acids is 2. The van der Waals surface area contributed by atoms with Crippen molar-refractivity contribution < 1.29 is 31.2 Å². The summed E-state index contributed by atoms with van der Waals surface area (Å²) in [5, 5.41) is 5.72. The van der Waals surface area contributed by atoms with Gasteiger partial charge in [-0.25, -0.2) is 8.42 Å². The minimum atomic E-state index is -4.70. The Labute approximate surface area is 237 Å². The highest BCUT2D eigenvalue weighted by Gasteiger charge is 2.35. The standard InChI is InChI=1S/C27H34ClF3N4O4S/c1-4-40(38,39)24-10-9-21(28)12-20(24)14-32-26(37)18-7-8-19(23(13-18)27(29,30)31)15-35-11-5-6-22(16-35)33-25(36)17-34(2)3/h7-10,12-13,22H,4-6,11,14-17H2,1-3H3,(H,32,37)(H,33,36)/t22-/m0/s1. The van der Waals surface area contributed by atoms with E-state index in [0.29, 0.717) is 13.1 Å². The van der Waals surface area contributed by atoms with Crippen molar-refractivity contribution in [2.75, 3.05) is 39.5 Å². The van der Waals surface area contributed by atoms with Gasteiger partial charge < -0.3 is 15.5 Å². The predicted molar refractivity (Wildman–Crippen MR) is 147 cm³/mol. The second kappa shape index (κ2) is 13.3. The third kappa shape index (κ3) is 8.66. The second-order valence-corrected chi connectivity index (χ2v) is 12.8. The largest absolute Gasteiger partial charge is 0.416 e. The quantitative estimate of drug-likeness (QED) is 0.430. The number of piperidine rings is 1. The van der Waals surface area contributed by atoms with Crippen LogP contribution in [0.25, 0.3) is 0 Å². The zero-order valence-electron chi connectivity index (χ0n) is 22.6. The molecule has 2 aromatic rings. The number of carbonyl (C=O) groups is 2. The maximum absolute atomic E-state index is 14.0. The third-order valence-corrected chi connectivity index (χ3v) is 8.64. The minimum Gasteiger partial charge on any atom is -0.351 e. The number of alkyl halides is 3. The third-order valence-electron chi connectivity index (χ3n) is 6.58. The molecule has 0 saturated carbocycles. The van der Waals surface area contributed by atoms with E-state index in [4.69, 9.17) is 11.6 Å². The van der Waals surface area contributed by atoms with Crippen molar-refractivity contribution in [2.45, 2.75) is 50.0 Å². The highest BCUT2D eigenvalue weighted by Crippen LogP contribution is 2.34. The van der Waals surface area contributed by atoms with Gasteiger partial charge in [-0.2, -0.15) is 13.2 Å². The van der Waals surface area contributed by atoms with Crippen LogP contribution in [0.3, 0.4) is 0 Å². The first-order valence-electron chi connectivity index (χ1n) is 12.9. The van der Waals surface area contributed by atoms with Gasteiger partial charge in [-0.05, 0) is 74.9 Å². The highest BCUT2D eigenvalue weighted by molar-refractivity contribution is 7.91. The number of amides is 2. The SMILES string of the molecule is CCS(=O)(=O)c1ccc(Cl)cc1CNC(=O)c1ccc(CN2CCC[C@H](NC(=O)CN(C)C)C2)c(C(F)(F)F)c1. The summed E-state index contributed by atoms with van der Waals surface area (Å²) < 4.78 is 66.9. The molecule has 13 heteroatoms. The fourth-order valence-corrected chi connectivity index (χ4v) is 5.97. The maximum Gasteiger partial charge on any atom is 0.416 e. The molecular weight excluding hydrogens is 569 g/mol. The highest BCUT2D eigenvalue weighted by atomic mass is 35.5. The van der Waals surface area contributed by atoms with E-state index in [1.54, 1.807) is 19.0 Å². The van der Waals surface area contributed by atoms with Crippen molar-refractivity contribution in [3.05, 3.63) is 63.7 Å². The molecule has 1 aliphatic heterocycles. The molecule has 40 heavy (non-hydrogen) atoms. The number of benzene rings is 2. The number of hydrogen-bond acceptors (Lipinski definition) is 6. The summed E-state index contributed by atoms with van der Waals surface area (Å²) in [5.41, 5.74) is -0.857. The summed E-state index contributed by atoms with van der Waals surface area (Å²) in [4.78, 5) is 28.6. The fourth-order valence-electron chi connectivity index (χ4n) is 4.66. The van der Waals surface area contributed by atoms with Crippen molar-refractivity contribution in [1.82, 2.24) is 20.4 Å². The lowest BCUT2D eigenvalue weighted by atomic mass is 10.00. The molecule has 2 N–H and O–H groups in total. The van der Waals surface area contributed by atoms with Crippen LogP contribution in [-0.2, 0) is 33.9 Å². The molecule has 1 atom stereocenters. The van der Waals surface area contributed by atoms with E-state index in [9.17, 15) is 31.2 Å². The van der Waals surface area contributed by atoms with Crippen LogP contribution >= 0.6 is 11.6 Å². The van der Waals surface area contributed by atoms with E-state index < -0.39 is 27.5 Å². The van der Waals surface area contributed by atoms with Crippen LogP contribution in [0, 0.1) is 0 Å². The van der Waals surface area contributed by atoms with Crippen LogP contribution in [-0.4, -0.2) is 75.6 Å². The van der Waals surface area contributed by atoms with Gasteiger partial charge in [-0.15, -0.1) is 0 Å². The number of nitrogens with one attached hydrogen (secondary N) is 2. The van der Waals surface area contributed by atoms with Crippen LogP contribution in [0.15, 0.2) is 41.3 Å². The van der Waals surface area contributed by atoms with E-state index in [1.165, 1.54) is 37.3 Å². The zero-order valence-corrected chi connectivity index (χ0v) is 24.2. The number of rotatable bonds is 10. The average molecular weight is 603 g/mol. The van der Waals surface area contributed by atoms with Crippen molar-refractivity contribution >= 4 is 33.3 Å². The summed E-state index contributed by atoms with van der Waals surface area (Å²) in [6, 6.07) is 7.44. The van der Waals surface area contributed by atoms with E-state index in [0.717, 1.165) is 18.9 Å². The minimum absolute atomic E-state index is 0.00349. The first-order valence-corrected chi connectivity index (χ1v) is 14.9. The van der Waals surface area contributed by atoms with Gasteiger partial charge in [0.1, 0.15) is 0 Å². The summed E-state index contributed by atoms with van der Waals surface area (Å²) in [6.07, 6.45) is -3.22. The van der Waals surface area contributed by atoms with Gasteiger partial charge in [-0.1, -0.05) is 24.6 Å². The Balaban J connectivity index is 1.75. The molecule has 0 aromatic heterocycles. The number of likely N-dealkylation sites (N-methyl/N-ethyl adjacent to an activating group) is 1. The number of halogens is 4. The number of nitrogens with zero attached hydrogens (tertiary/aromatic N) is 2. The Hall–Kier alpha value is -2.67. The van der Waals surface area contributed by atoms with Gasteiger partial charge in [0.2, 0.25) is 5.91 Å². The first-order chi connectivity index (χ1) is 18.7. The average Bonchev–Trinajstić information content (AvgIpc) is 2.86. The van der Waals surface area contributed by atoms with Crippen LogP contribution in [0.1, 0.15) is 46.8 Å². The molecule has 1 fully saturated rings. The van der Waals surface area contributed by atoms with Crippen LogP contribution in [0.5, 0.6) is 0 Å². The van der Waals surface area contributed by atoms with E-state index in [-0.39, 0.29) is 63.9 Å². The van der Waals surface area contributed by atoms with Crippen LogP contribution < -0.4 is 10.6 Å². The Morgan fingerprint density at radius 1 is 1.12 bits per heavy atom. The van der Waals surface area contributed by atoms with E-state index in [1.807, 2.05) is 4.90 Å². The molecule has 2 amide bonds. The van der Waals surface area contributed by atoms with Crippen LogP contribution in [0.2, 0.25) is 5.02 Å². The molecular formula is C27H34ClF3N4O4S. The molecule has 0 aliphatic carbocycles. The molecule has 1 saturated heterocycles. The molecule has 1 aliphatic rings. The Kier molecular flexibility index (Phi) is 10.6. The molecule has 0 bridgehead atoms. The van der Waals surface area contributed by atoms with Gasteiger partial charge in [0, 0.05) is 36.3 Å².